The Kier molecular flexibility index (Phi) is 24.2. The average Bonchev–Trinajstić information content (AvgIpc) is 0.847. The van der Waals surface area contributed by atoms with Crippen LogP contribution >= 0.6 is 23.2 Å². The number of hydrogen-bond donors (Lipinski definition) is 12. The Morgan fingerprint density at radius 1 is 0.461 bits per heavy atom. The maximum absolute atomic E-state index is 12.8. The second-order valence-corrected chi connectivity index (χ2v) is 24.9. The molecule has 102 heavy (non-hydrogen) atoms. The number of carbonyl (C=O) groups excluding carboxylic acids is 10. The lowest BCUT2D eigenvalue weighted by atomic mass is 10.1. The minimum atomic E-state index is -0.707. The standard InChI is InChI=1S/C71H73Cl2N15O14/c1-86(24-22-62(89)76-34-64(91)78-36-66(93)80-42-8-4-40(5-9-42)38-87-26-20-58(48-30-50(68(74)95)60(99-2)32-56(48)87)101-46-16-18-54(52(72)28-46)84-70(97)82-44-12-13-44)25-23-63(90)77-35-65(92)79-37-67(94)81-43-10-6-41(7-11-43)39-88-27-21-59(49-31-51(69(75)96)61(100-3)33-57(49)88)102-47-17-19-55(53(73)29-47)85-71(98)83-45-14-15-45/h4-11,16-21,26-33,44-45H,12-15,22-25,34-39H2,1-3H3,(H12-2,74,75,76,77,78,79,80,81,82,83,84,85,89,90,91,92,93,94,95,96,97,98)/p+2. The number of benzene rings is 6. The molecule has 0 spiro atoms. The summed E-state index contributed by atoms with van der Waals surface area (Å²) in [7, 11) is 4.55. The molecule has 0 saturated heterocycles. The number of nitrogens with two attached hydrogens (primary N) is 2. The first kappa shape index (κ1) is 72.9. The molecule has 2 saturated carbocycles. The van der Waals surface area contributed by atoms with Crippen molar-refractivity contribution in [2.45, 2.75) is 63.7 Å². The van der Waals surface area contributed by atoms with Crippen LogP contribution in [0.2, 0.25) is 10.0 Å². The van der Waals surface area contributed by atoms with E-state index in [-0.39, 0.29) is 109 Å². The van der Waals surface area contributed by atoms with E-state index < -0.39 is 47.3 Å². The number of nitrogens with one attached hydrogen (secondary N) is 10. The first-order chi connectivity index (χ1) is 49.0. The van der Waals surface area contributed by atoms with E-state index in [1.54, 1.807) is 121 Å². The SMILES string of the molecule is COc1cc2c(cc1C(N)=O)c(Oc1ccc(NC(=O)NC3CC3)c(Cl)c1)cc[n+]2Cc1ccc(NC(=O)CNC(=O)CNC(=O)CCN(C)CCC(=O)NCC(=O)NCC(=O)Nc2ccc(C[n+]3ccc(Oc4ccc(NC(=O)NC5CC5)c(Cl)c4)c4cc(C(N)=O)c(OC)cc43)cc2)cc1. The van der Waals surface area contributed by atoms with Crippen molar-refractivity contribution in [3.05, 3.63) is 166 Å². The number of halogens is 2. The van der Waals surface area contributed by atoms with Gasteiger partial charge in [-0.2, -0.15) is 9.13 Å². The Morgan fingerprint density at radius 2 is 0.833 bits per heavy atom. The van der Waals surface area contributed by atoms with Gasteiger partial charge >= 0.3 is 12.1 Å². The van der Waals surface area contributed by atoms with Gasteiger partial charge in [0.05, 0.1) is 95.9 Å². The molecule has 0 aliphatic heterocycles. The van der Waals surface area contributed by atoms with Crippen molar-refractivity contribution in [3.8, 4) is 34.5 Å². The van der Waals surface area contributed by atoms with Crippen LogP contribution in [0.4, 0.5) is 32.3 Å². The molecule has 29 nitrogen and oxygen atoms in total. The van der Waals surface area contributed by atoms with Crippen molar-refractivity contribution >= 4 is 127 Å². The van der Waals surface area contributed by atoms with Crippen molar-refractivity contribution in [1.29, 1.82) is 0 Å². The number of amides is 12. The normalized spacial score (nSPS) is 12.3. The van der Waals surface area contributed by atoms with Gasteiger partial charge in [-0.05, 0) is 93.4 Å². The summed E-state index contributed by atoms with van der Waals surface area (Å²) in [4.78, 5) is 127. The first-order valence-electron chi connectivity index (χ1n) is 32.3. The number of carbonyl (C=O) groups is 10. The fourth-order valence-corrected chi connectivity index (χ4v) is 10.9. The summed E-state index contributed by atoms with van der Waals surface area (Å²) in [6.45, 7) is -0.351. The molecular weight excluding hydrogens is 1360 g/mol. The van der Waals surface area contributed by atoms with Crippen LogP contribution in [0.5, 0.6) is 34.5 Å². The van der Waals surface area contributed by atoms with Crippen molar-refractivity contribution in [1.82, 2.24) is 36.8 Å². The lowest BCUT2D eigenvalue weighted by Crippen LogP contribution is -2.41. The molecule has 0 unspecified atom stereocenters. The molecule has 10 rings (SSSR count). The molecule has 8 aromatic rings. The number of anilines is 4. The Bertz CT molecular complexity index is 4270. The highest BCUT2D eigenvalue weighted by Gasteiger charge is 2.27. The molecule has 14 N–H and O–H groups in total. The Hall–Kier alpha value is -11.8. The van der Waals surface area contributed by atoms with Gasteiger partial charge in [0, 0.05) is 84.8 Å². The van der Waals surface area contributed by atoms with Gasteiger partial charge in [-0.1, -0.05) is 47.5 Å². The maximum atomic E-state index is 12.8. The third-order valence-electron chi connectivity index (χ3n) is 16.2. The highest BCUT2D eigenvalue weighted by Crippen LogP contribution is 2.38. The highest BCUT2D eigenvalue weighted by molar-refractivity contribution is 6.34. The third kappa shape index (κ3) is 20.6. The molecule has 0 radical (unpaired) electrons. The van der Waals surface area contributed by atoms with Gasteiger partial charge < -0.3 is 88.5 Å². The number of fused-ring (bicyclic) bond motifs is 2. The van der Waals surface area contributed by atoms with E-state index in [9.17, 15) is 47.9 Å². The number of pyridine rings is 2. The number of urea groups is 2. The zero-order valence-corrected chi connectivity index (χ0v) is 57.2. The van der Waals surface area contributed by atoms with Crippen molar-refractivity contribution in [2.75, 3.05) is 81.8 Å². The smallest absolute Gasteiger partial charge is 0.319 e. The van der Waals surface area contributed by atoms with Gasteiger partial charge in [-0.15, -0.1) is 0 Å². The van der Waals surface area contributed by atoms with E-state index in [0.717, 1.165) is 36.8 Å². The topological polar surface area (TPSA) is 391 Å². The molecule has 2 fully saturated rings. The van der Waals surface area contributed by atoms with E-state index in [0.29, 0.717) is 80.6 Å². The summed E-state index contributed by atoms with van der Waals surface area (Å²) in [5.74, 6) is -2.51. The van der Waals surface area contributed by atoms with Crippen LogP contribution < -0.4 is 92.7 Å². The lowest BCUT2D eigenvalue weighted by Gasteiger charge is -2.16. The molecule has 2 aliphatic carbocycles. The number of methoxy groups -OCH3 is 2. The predicted molar refractivity (Wildman–Crippen MR) is 379 cm³/mol. The van der Waals surface area contributed by atoms with Gasteiger partial charge in [0.1, 0.15) is 34.5 Å². The fourth-order valence-electron chi connectivity index (χ4n) is 10.5. The highest BCUT2D eigenvalue weighted by atomic mass is 35.5. The molecule has 2 aliphatic rings. The number of hydrogen-bond acceptors (Lipinski definition) is 15. The lowest BCUT2D eigenvalue weighted by molar-refractivity contribution is -0.662. The van der Waals surface area contributed by atoms with Gasteiger partial charge in [-0.3, -0.25) is 38.4 Å². The summed E-state index contributed by atoms with van der Waals surface area (Å²) >= 11 is 13.1. The summed E-state index contributed by atoms with van der Waals surface area (Å²) in [6, 6.07) is 33.3. The molecule has 0 atom stereocenters. The van der Waals surface area contributed by atoms with E-state index >= 15 is 0 Å². The number of aromatic nitrogens is 2. The summed E-state index contributed by atoms with van der Waals surface area (Å²) in [6.07, 6.45) is 7.32. The zero-order chi connectivity index (χ0) is 72.6. The van der Waals surface area contributed by atoms with Gasteiger partial charge in [0.2, 0.25) is 46.5 Å². The predicted octanol–water partition coefficient (Wildman–Crippen LogP) is 6.09. The maximum Gasteiger partial charge on any atom is 0.319 e. The summed E-state index contributed by atoms with van der Waals surface area (Å²) < 4.78 is 27.5. The van der Waals surface area contributed by atoms with Crippen LogP contribution in [0.15, 0.2) is 134 Å². The molecule has 0 bridgehead atoms. The molecule has 2 heterocycles. The van der Waals surface area contributed by atoms with E-state index in [1.807, 2.05) is 33.4 Å². The minimum Gasteiger partial charge on any atom is -0.496 e. The first-order valence-corrected chi connectivity index (χ1v) is 33.1. The second-order valence-electron chi connectivity index (χ2n) is 24.1. The molecule has 31 heteroatoms. The molecular formula is C71H75Cl2N15O14+2. The molecule has 530 valence electrons. The van der Waals surface area contributed by atoms with E-state index in [2.05, 4.69) is 53.2 Å². The van der Waals surface area contributed by atoms with Crippen LogP contribution in [0.25, 0.3) is 21.8 Å². The summed E-state index contributed by atoms with van der Waals surface area (Å²) in [5, 5.41) is 28.2. The number of rotatable bonds is 32. The Labute approximate surface area is 594 Å². The van der Waals surface area contributed by atoms with Crippen molar-refractivity contribution < 1.29 is 76.0 Å². The number of ether oxygens (including phenoxy) is 4. The zero-order valence-electron chi connectivity index (χ0n) is 55.7. The summed E-state index contributed by atoms with van der Waals surface area (Å²) in [5.41, 5.74) is 16.4. The van der Waals surface area contributed by atoms with E-state index in [1.165, 1.54) is 14.2 Å². The Morgan fingerprint density at radius 3 is 1.19 bits per heavy atom. The van der Waals surface area contributed by atoms with Gasteiger partial charge in [-0.25, -0.2) is 9.59 Å². The van der Waals surface area contributed by atoms with Crippen molar-refractivity contribution in [2.24, 2.45) is 11.5 Å². The van der Waals surface area contributed by atoms with Crippen LogP contribution in [-0.4, -0.2) is 137 Å². The fraction of sp³-hybridized carbons (Fsp3) is 0.268. The monoisotopic (exact) mass is 1430 g/mol. The van der Waals surface area contributed by atoms with Crippen molar-refractivity contribution in [3.63, 3.8) is 0 Å². The number of primary amides is 2. The quantitative estimate of drug-likeness (QED) is 0.0212. The Balaban J connectivity index is 0.599. The largest absolute Gasteiger partial charge is 0.496 e. The molecule has 12 amide bonds. The molecule has 2 aromatic heterocycles. The van der Waals surface area contributed by atoms with Crippen LogP contribution in [0.3, 0.4) is 0 Å². The second kappa shape index (κ2) is 33.8. The third-order valence-corrected chi connectivity index (χ3v) is 16.8. The minimum absolute atomic E-state index is 0.000315. The number of nitrogens with zero attached hydrogens (tertiary/aromatic N) is 3. The van der Waals surface area contributed by atoms with E-state index in [4.69, 9.17) is 53.6 Å². The average molecular weight is 1430 g/mol. The van der Waals surface area contributed by atoms with Crippen LogP contribution in [0, 0.1) is 0 Å². The van der Waals surface area contributed by atoms with Gasteiger partial charge in [0.15, 0.2) is 25.5 Å². The molecule has 6 aromatic carbocycles. The van der Waals surface area contributed by atoms with Gasteiger partial charge in [0.25, 0.3) is 11.8 Å². The van der Waals surface area contributed by atoms with Crippen LogP contribution in [-0.2, 0) is 41.9 Å². The van der Waals surface area contributed by atoms with Crippen LogP contribution in [0.1, 0.15) is 70.4 Å².